The summed E-state index contributed by atoms with van der Waals surface area (Å²) in [4.78, 5) is 18.8. The van der Waals surface area contributed by atoms with Gasteiger partial charge in [0.15, 0.2) is 5.16 Å². The lowest BCUT2D eigenvalue weighted by atomic mass is 10.2. The molecular weight excluding hydrogens is 426 g/mol. The molecular formula is C18H18F2N2O3S3. The molecule has 0 aliphatic carbocycles. The molecule has 3 rings (SSSR count). The zero-order valence-electron chi connectivity index (χ0n) is 15.4. The van der Waals surface area contributed by atoms with E-state index in [1.165, 1.54) is 47.4 Å². The monoisotopic (exact) mass is 444 g/mol. The highest BCUT2D eigenvalue weighted by Crippen LogP contribution is 2.29. The Morgan fingerprint density at radius 2 is 1.86 bits per heavy atom. The molecule has 0 amide bonds. The molecule has 3 aromatic rings. The number of aromatic nitrogens is 2. The van der Waals surface area contributed by atoms with Gasteiger partial charge in [-0.2, -0.15) is 8.78 Å². The number of sulfone groups is 1. The zero-order chi connectivity index (χ0) is 20.6. The molecule has 2 aromatic heterocycles. The van der Waals surface area contributed by atoms with Gasteiger partial charge in [-0.15, -0.1) is 11.3 Å². The van der Waals surface area contributed by atoms with E-state index < -0.39 is 20.5 Å². The van der Waals surface area contributed by atoms with Crippen LogP contribution >= 0.6 is 23.1 Å². The van der Waals surface area contributed by atoms with Crippen LogP contribution in [0.4, 0.5) is 8.78 Å². The average Bonchev–Trinajstić information content (AvgIpc) is 2.94. The molecule has 0 unspecified atom stereocenters. The van der Waals surface area contributed by atoms with Gasteiger partial charge in [-0.25, -0.2) is 13.4 Å². The first-order chi connectivity index (χ1) is 13.2. The summed E-state index contributed by atoms with van der Waals surface area (Å²) in [7, 11) is -4.60. The highest BCUT2D eigenvalue weighted by Gasteiger charge is 2.26. The first-order valence-electron chi connectivity index (χ1n) is 8.41. The van der Waals surface area contributed by atoms with Crippen LogP contribution < -0.4 is 5.56 Å². The maximum atomic E-state index is 12.8. The van der Waals surface area contributed by atoms with E-state index in [0.717, 1.165) is 16.0 Å². The molecule has 0 radical (unpaired) electrons. The summed E-state index contributed by atoms with van der Waals surface area (Å²) in [5.74, 6) is -3.02. The van der Waals surface area contributed by atoms with Crippen molar-refractivity contribution in [2.24, 2.45) is 0 Å². The molecule has 2 heterocycles. The minimum absolute atomic E-state index is 0.0739. The number of hydrogen-bond acceptors (Lipinski definition) is 6. The third-order valence-electron chi connectivity index (χ3n) is 4.42. The minimum atomic E-state index is -4.60. The number of benzene rings is 1. The molecule has 0 saturated heterocycles. The second-order valence-corrected chi connectivity index (χ2v) is 10.2. The van der Waals surface area contributed by atoms with Crippen LogP contribution in [0.1, 0.15) is 22.9 Å². The number of nitrogens with zero attached hydrogens (tertiary/aromatic N) is 2. The van der Waals surface area contributed by atoms with Crippen LogP contribution in [0, 0.1) is 13.8 Å². The lowest BCUT2D eigenvalue weighted by molar-refractivity contribution is 0.234. The van der Waals surface area contributed by atoms with Crippen LogP contribution in [-0.4, -0.2) is 23.7 Å². The van der Waals surface area contributed by atoms with Crippen molar-refractivity contribution in [1.29, 1.82) is 0 Å². The average molecular weight is 445 g/mol. The van der Waals surface area contributed by atoms with Gasteiger partial charge in [-0.3, -0.25) is 9.36 Å². The quantitative estimate of drug-likeness (QED) is 0.417. The van der Waals surface area contributed by atoms with Gasteiger partial charge in [0, 0.05) is 17.2 Å². The zero-order valence-corrected chi connectivity index (χ0v) is 17.9. The number of aryl methyl sites for hydroxylation is 2. The molecule has 10 heteroatoms. The van der Waals surface area contributed by atoms with Crippen molar-refractivity contribution in [2.45, 2.75) is 48.9 Å². The first kappa shape index (κ1) is 20.9. The van der Waals surface area contributed by atoms with E-state index in [-0.39, 0.29) is 5.56 Å². The topological polar surface area (TPSA) is 69.0 Å². The highest BCUT2D eigenvalue weighted by molar-refractivity contribution is 7.98. The summed E-state index contributed by atoms with van der Waals surface area (Å²) in [5.41, 5.74) is 1.62. The van der Waals surface area contributed by atoms with Crippen molar-refractivity contribution in [3.8, 4) is 0 Å². The van der Waals surface area contributed by atoms with E-state index in [2.05, 4.69) is 4.98 Å². The summed E-state index contributed by atoms with van der Waals surface area (Å²) < 4.78 is 49.8. The van der Waals surface area contributed by atoms with E-state index in [1.807, 2.05) is 20.8 Å². The lowest BCUT2D eigenvalue weighted by Gasteiger charge is -2.10. The number of alkyl halides is 2. The van der Waals surface area contributed by atoms with Crippen molar-refractivity contribution < 1.29 is 17.2 Å². The van der Waals surface area contributed by atoms with Crippen LogP contribution in [0.5, 0.6) is 0 Å². The summed E-state index contributed by atoms with van der Waals surface area (Å²) in [6.07, 6.45) is 0. The van der Waals surface area contributed by atoms with Gasteiger partial charge in [-0.1, -0.05) is 23.9 Å². The first-order valence-corrected chi connectivity index (χ1v) is 11.8. The SMILES string of the molecule is CCn1c(SCc2ccc(S(=O)(=O)C(F)F)cc2)nc2sc(C)c(C)c2c1=O. The van der Waals surface area contributed by atoms with Crippen LogP contribution in [0.15, 0.2) is 39.1 Å². The summed E-state index contributed by atoms with van der Waals surface area (Å²) in [5, 5.41) is 1.22. The molecule has 0 saturated carbocycles. The molecule has 0 N–H and O–H groups in total. The van der Waals surface area contributed by atoms with Crippen LogP contribution in [0.25, 0.3) is 10.2 Å². The van der Waals surface area contributed by atoms with Crippen LogP contribution in [0.2, 0.25) is 0 Å². The van der Waals surface area contributed by atoms with E-state index in [4.69, 9.17) is 0 Å². The second kappa shape index (κ2) is 7.92. The molecule has 0 fully saturated rings. The Morgan fingerprint density at radius 3 is 2.43 bits per heavy atom. The Morgan fingerprint density at radius 1 is 1.21 bits per heavy atom. The third-order valence-corrected chi connectivity index (χ3v) is 7.97. The smallest absolute Gasteiger partial charge is 0.287 e. The van der Waals surface area contributed by atoms with Crippen molar-refractivity contribution >= 4 is 43.2 Å². The fourth-order valence-corrected chi connectivity index (χ4v) is 5.53. The number of thiophene rings is 1. The number of thioether (sulfide) groups is 1. The Hall–Kier alpha value is -1.78. The maximum absolute atomic E-state index is 12.8. The Kier molecular flexibility index (Phi) is 5.92. The predicted molar refractivity (Wildman–Crippen MR) is 108 cm³/mol. The molecule has 0 atom stereocenters. The number of halogens is 2. The standard InChI is InChI=1S/C18H18F2N2O3S3/c1-4-22-16(23)14-10(2)11(3)27-15(14)21-18(22)26-9-12-5-7-13(8-6-12)28(24,25)17(19)20/h5-8,17H,4,9H2,1-3H3. The van der Waals surface area contributed by atoms with Gasteiger partial charge in [0.1, 0.15) is 4.83 Å². The highest BCUT2D eigenvalue weighted by atomic mass is 32.2. The largest absolute Gasteiger partial charge is 0.341 e. The van der Waals surface area contributed by atoms with Gasteiger partial charge in [-0.05, 0) is 44.0 Å². The maximum Gasteiger partial charge on any atom is 0.341 e. The number of hydrogen-bond donors (Lipinski definition) is 0. The molecule has 5 nitrogen and oxygen atoms in total. The Labute approximate surface area is 169 Å². The fraction of sp³-hybridized carbons (Fsp3) is 0.333. The van der Waals surface area contributed by atoms with Crippen LogP contribution in [0.3, 0.4) is 0 Å². The third kappa shape index (κ3) is 3.72. The summed E-state index contributed by atoms with van der Waals surface area (Å²) >= 11 is 2.83. The molecule has 0 aliphatic heterocycles. The normalized spacial score (nSPS) is 12.2. The lowest BCUT2D eigenvalue weighted by Crippen LogP contribution is -2.22. The van der Waals surface area contributed by atoms with E-state index in [0.29, 0.717) is 27.7 Å². The van der Waals surface area contributed by atoms with Gasteiger partial charge in [0.05, 0.1) is 10.3 Å². The van der Waals surface area contributed by atoms with E-state index in [1.54, 1.807) is 4.57 Å². The van der Waals surface area contributed by atoms with E-state index in [9.17, 15) is 22.0 Å². The number of rotatable bonds is 6. The summed E-state index contributed by atoms with van der Waals surface area (Å²) in [6.45, 7) is 6.22. The van der Waals surface area contributed by atoms with Gasteiger partial charge >= 0.3 is 5.76 Å². The minimum Gasteiger partial charge on any atom is -0.287 e. The van der Waals surface area contributed by atoms with E-state index >= 15 is 0 Å². The van der Waals surface area contributed by atoms with Crippen molar-refractivity contribution in [3.63, 3.8) is 0 Å². The molecule has 0 bridgehead atoms. The van der Waals surface area contributed by atoms with Crippen molar-refractivity contribution in [2.75, 3.05) is 0 Å². The predicted octanol–water partition coefficient (Wildman–Crippen LogP) is 4.38. The molecule has 28 heavy (non-hydrogen) atoms. The number of fused-ring (bicyclic) bond motifs is 1. The summed E-state index contributed by atoms with van der Waals surface area (Å²) in [6, 6.07) is 5.34. The Balaban J connectivity index is 1.89. The van der Waals surface area contributed by atoms with Gasteiger partial charge < -0.3 is 0 Å². The van der Waals surface area contributed by atoms with Crippen molar-refractivity contribution in [1.82, 2.24) is 9.55 Å². The molecule has 1 aromatic carbocycles. The molecule has 150 valence electrons. The van der Waals surface area contributed by atoms with Gasteiger partial charge in [0.25, 0.3) is 5.56 Å². The fourth-order valence-electron chi connectivity index (χ4n) is 2.72. The van der Waals surface area contributed by atoms with Gasteiger partial charge in [0.2, 0.25) is 9.84 Å². The second-order valence-electron chi connectivity index (χ2n) is 6.15. The van der Waals surface area contributed by atoms with Crippen LogP contribution in [-0.2, 0) is 22.1 Å². The van der Waals surface area contributed by atoms with Crippen molar-refractivity contribution in [3.05, 3.63) is 50.6 Å². The Bertz CT molecular complexity index is 1180. The molecule has 0 aliphatic rings. The molecule has 0 spiro atoms.